The summed E-state index contributed by atoms with van der Waals surface area (Å²) in [4.78, 5) is 35.0. The molecule has 0 atom stereocenters. The Morgan fingerprint density at radius 2 is 1.56 bits per heavy atom. The summed E-state index contributed by atoms with van der Waals surface area (Å²) in [5.41, 5.74) is 7.07. The van der Waals surface area contributed by atoms with Crippen molar-refractivity contribution in [2.45, 2.75) is 19.0 Å². The van der Waals surface area contributed by atoms with E-state index in [9.17, 15) is 22.8 Å². The molecule has 2 aromatic carbocycles. The number of alkyl halides is 3. The van der Waals surface area contributed by atoms with Crippen LogP contribution in [0.5, 0.6) is 0 Å². The van der Waals surface area contributed by atoms with E-state index in [1.807, 2.05) is 17.0 Å². The Kier molecular flexibility index (Phi) is 8.56. The third kappa shape index (κ3) is 7.28. The van der Waals surface area contributed by atoms with E-state index in [4.69, 9.17) is 5.73 Å². The van der Waals surface area contributed by atoms with E-state index in [0.717, 1.165) is 37.1 Å². The number of pyridine rings is 1. The van der Waals surface area contributed by atoms with Gasteiger partial charge in [0.15, 0.2) is 11.6 Å². The van der Waals surface area contributed by atoms with Crippen LogP contribution >= 0.6 is 0 Å². The monoisotopic (exact) mass is 585 g/mol. The standard InChI is InChI=1S/C31H26F3N7O2/c32-31(33,34)26(18-25(35)24-10-5-13-36-19-24)37-27-11-12-28(40-39-27)38-29(42)22-8-3-6-20(16-22)21-7-4-9-23(17-21)30(43)41-14-1-2-15-41/h3-13,16-19H,1-2,14-15,35H2,(H,38,40,42). The quantitative estimate of drug-likeness (QED) is 0.270. The fourth-order valence-corrected chi connectivity index (χ4v) is 4.48. The number of amides is 2. The number of nitrogens with two attached hydrogens (primary N) is 1. The summed E-state index contributed by atoms with van der Waals surface area (Å²) < 4.78 is 40.9. The van der Waals surface area contributed by atoms with Crippen LogP contribution in [0.1, 0.15) is 39.1 Å². The first-order valence-corrected chi connectivity index (χ1v) is 13.4. The van der Waals surface area contributed by atoms with E-state index in [1.165, 1.54) is 30.6 Å². The number of nitrogens with zero attached hydrogens (tertiary/aromatic N) is 5. The fourth-order valence-electron chi connectivity index (χ4n) is 4.48. The predicted molar refractivity (Wildman–Crippen MR) is 157 cm³/mol. The summed E-state index contributed by atoms with van der Waals surface area (Å²) in [6, 6.07) is 19.6. The summed E-state index contributed by atoms with van der Waals surface area (Å²) >= 11 is 0. The zero-order valence-corrected chi connectivity index (χ0v) is 22.8. The van der Waals surface area contributed by atoms with Crippen LogP contribution in [0.2, 0.25) is 0 Å². The average Bonchev–Trinajstić information content (AvgIpc) is 3.56. The van der Waals surface area contributed by atoms with Gasteiger partial charge in [0.05, 0.1) is 0 Å². The zero-order valence-electron chi connectivity index (χ0n) is 22.8. The van der Waals surface area contributed by atoms with Crippen molar-refractivity contribution >= 4 is 34.9 Å². The van der Waals surface area contributed by atoms with Gasteiger partial charge in [-0.1, -0.05) is 24.3 Å². The molecule has 2 aromatic heterocycles. The molecule has 218 valence electrons. The molecule has 0 spiro atoms. The maximum atomic E-state index is 13.6. The van der Waals surface area contributed by atoms with Crippen LogP contribution in [0.25, 0.3) is 16.8 Å². The van der Waals surface area contributed by atoms with Gasteiger partial charge in [-0.05, 0) is 78.6 Å². The van der Waals surface area contributed by atoms with Gasteiger partial charge in [0.1, 0.15) is 5.71 Å². The molecule has 0 radical (unpaired) electrons. The molecule has 2 amide bonds. The minimum atomic E-state index is -4.81. The van der Waals surface area contributed by atoms with Gasteiger partial charge in [-0.15, -0.1) is 10.2 Å². The van der Waals surface area contributed by atoms with E-state index >= 15 is 0 Å². The van der Waals surface area contributed by atoms with Gasteiger partial charge >= 0.3 is 6.18 Å². The molecule has 5 rings (SSSR count). The van der Waals surface area contributed by atoms with Gasteiger partial charge in [0.2, 0.25) is 0 Å². The Morgan fingerprint density at radius 1 is 0.884 bits per heavy atom. The molecule has 43 heavy (non-hydrogen) atoms. The van der Waals surface area contributed by atoms with Crippen LogP contribution in [-0.2, 0) is 0 Å². The smallest absolute Gasteiger partial charge is 0.398 e. The van der Waals surface area contributed by atoms with E-state index < -0.39 is 17.8 Å². The highest BCUT2D eigenvalue weighted by Crippen LogP contribution is 2.25. The Hall–Kier alpha value is -5.39. The number of hydrogen-bond acceptors (Lipinski definition) is 7. The van der Waals surface area contributed by atoms with Crippen molar-refractivity contribution in [3.63, 3.8) is 0 Å². The summed E-state index contributed by atoms with van der Waals surface area (Å²) in [5.74, 6) is -0.827. The first-order valence-electron chi connectivity index (χ1n) is 13.4. The lowest BCUT2D eigenvalue weighted by Crippen LogP contribution is -2.27. The molecule has 3 heterocycles. The first-order chi connectivity index (χ1) is 20.7. The van der Waals surface area contributed by atoms with Crippen molar-refractivity contribution in [2.75, 3.05) is 18.4 Å². The molecule has 3 N–H and O–H groups in total. The number of anilines is 1. The molecular formula is C31H26F3N7O2. The van der Waals surface area contributed by atoms with Gasteiger partial charge in [-0.25, -0.2) is 4.99 Å². The maximum Gasteiger partial charge on any atom is 0.433 e. The molecule has 1 aliphatic rings. The highest BCUT2D eigenvalue weighted by Gasteiger charge is 2.35. The van der Waals surface area contributed by atoms with Crippen LogP contribution in [0.4, 0.5) is 24.8 Å². The number of likely N-dealkylation sites (tertiary alicyclic amines) is 1. The molecule has 12 heteroatoms. The largest absolute Gasteiger partial charge is 0.433 e. The number of halogens is 3. The molecule has 1 aliphatic heterocycles. The number of carbonyl (C=O) groups is 2. The second kappa shape index (κ2) is 12.6. The first kappa shape index (κ1) is 29.1. The van der Waals surface area contributed by atoms with E-state index in [1.54, 1.807) is 42.5 Å². The van der Waals surface area contributed by atoms with Crippen molar-refractivity contribution < 1.29 is 22.8 Å². The minimum Gasteiger partial charge on any atom is -0.398 e. The van der Waals surface area contributed by atoms with Crippen LogP contribution in [0.15, 0.2) is 96.3 Å². The third-order valence-corrected chi connectivity index (χ3v) is 6.67. The van der Waals surface area contributed by atoms with Gasteiger partial charge in [-0.3, -0.25) is 14.6 Å². The Morgan fingerprint density at radius 3 is 2.19 bits per heavy atom. The number of aliphatic imine (C=N–C) groups is 1. The fraction of sp³-hybridized carbons (Fsp3) is 0.161. The normalized spacial score (nSPS) is 14.1. The van der Waals surface area contributed by atoms with Gasteiger partial charge in [-0.2, -0.15) is 13.2 Å². The Bertz CT molecular complexity index is 1680. The van der Waals surface area contributed by atoms with Crippen molar-refractivity contribution in [3.05, 3.63) is 108 Å². The van der Waals surface area contributed by atoms with E-state index in [2.05, 4.69) is 25.5 Å². The molecule has 1 fully saturated rings. The van der Waals surface area contributed by atoms with Gasteiger partial charge < -0.3 is 16.0 Å². The van der Waals surface area contributed by atoms with E-state index in [0.29, 0.717) is 22.8 Å². The average molecular weight is 586 g/mol. The summed E-state index contributed by atoms with van der Waals surface area (Å²) in [5, 5.41) is 10.1. The van der Waals surface area contributed by atoms with Gasteiger partial charge in [0.25, 0.3) is 11.8 Å². The van der Waals surface area contributed by atoms with Crippen LogP contribution < -0.4 is 11.1 Å². The molecule has 0 saturated carbocycles. The minimum absolute atomic E-state index is 0.0186. The Balaban J connectivity index is 1.30. The number of nitrogens with one attached hydrogen (secondary N) is 1. The van der Waals surface area contributed by atoms with Crippen LogP contribution in [0.3, 0.4) is 0 Å². The maximum absolute atomic E-state index is 13.6. The number of benzene rings is 2. The lowest BCUT2D eigenvalue weighted by Gasteiger charge is -2.15. The number of rotatable bonds is 7. The van der Waals surface area contributed by atoms with Crippen LogP contribution in [0, 0.1) is 0 Å². The number of carbonyl (C=O) groups excluding carboxylic acids is 2. The molecule has 9 nitrogen and oxygen atoms in total. The molecule has 0 aliphatic carbocycles. The highest BCUT2D eigenvalue weighted by atomic mass is 19.4. The molecular weight excluding hydrogens is 559 g/mol. The van der Waals surface area contributed by atoms with E-state index in [-0.39, 0.29) is 23.2 Å². The van der Waals surface area contributed by atoms with Crippen molar-refractivity contribution in [1.29, 1.82) is 0 Å². The number of hydrogen-bond donors (Lipinski definition) is 2. The zero-order chi connectivity index (χ0) is 30.4. The SMILES string of the molecule is NC(=CC(=Nc1ccc(NC(=O)c2cccc(-c3cccc(C(=O)N4CCCC4)c3)c2)nn1)C(F)(F)F)c1cccnc1. The van der Waals surface area contributed by atoms with Crippen molar-refractivity contribution in [3.8, 4) is 11.1 Å². The summed E-state index contributed by atoms with van der Waals surface area (Å²) in [7, 11) is 0. The van der Waals surface area contributed by atoms with Crippen molar-refractivity contribution in [1.82, 2.24) is 20.1 Å². The molecule has 1 saturated heterocycles. The van der Waals surface area contributed by atoms with Gasteiger partial charge in [0, 0.05) is 47.9 Å². The van der Waals surface area contributed by atoms with Crippen LogP contribution in [-0.4, -0.2) is 56.9 Å². The topological polar surface area (TPSA) is 126 Å². The predicted octanol–water partition coefficient (Wildman–Crippen LogP) is 5.66. The molecule has 0 bridgehead atoms. The lowest BCUT2D eigenvalue weighted by molar-refractivity contribution is -0.0576. The molecule has 4 aromatic rings. The summed E-state index contributed by atoms with van der Waals surface area (Å²) in [6.07, 6.45) is 0.682. The lowest BCUT2D eigenvalue weighted by atomic mass is 10.0. The summed E-state index contributed by atoms with van der Waals surface area (Å²) in [6.45, 7) is 1.49. The molecule has 0 unspecified atom stereocenters. The highest BCUT2D eigenvalue weighted by molar-refractivity contribution is 6.06. The second-order valence-corrected chi connectivity index (χ2v) is 9.73. The number of aromatic nitrogens is 3. The Labute approximate surface area is 245 Å². The van der Waals surface area contributed by atoms with Crippen molar-refractivity contribution in [2.24, 2.45) is 10.7 Å². The number of allylic oxidation sites excluding steroid dienone is 1. The third-order valence-electron chi connectivity index (χ3n) is 6.67. The second-order valence-electron chi connectivity index (χ2n) is 9.73.